The van der Waals surface area contributed by atoms with Crippen LogP contribution in [0.15, 0.2) is 134 Å². The van der Waals surface area contributed by atoms with Crippen LogP contribution in [0.4, 0.5) is 0 Å². The predicted octanol–water partition coefficient (Wildman–Crippen LogP) is -6.66. The molecule has 0 bridgehead atoms. The number of amides is 2. The zero-order chi connectivity index (χ0) is 82.4. The zero-order valence-electron chi connectivity index (χ0n) is 62.0. The number of aromatic nitrogens is 10. The van der Waals surface area contributed by atoms with Crippen LogP contribution in [0.25, 0.3) is 0 Å². The number of fused-ring (bicyclic) bond motifs is 1. The molecular formula is C68H95N11O32. The van der Waals surface area contributed by atoms with E-state index in [1.165, 1.54) is 99.9 Å². The summed E-state index contributed by atoms with van der Waals surface area (Å²) >= 11 is 0. The number of hydrogen-bond donors (Lipinski definition) is 16. The van der Waals surface area contributed by atoms with E-state index >= 15 is 0 Å². The summed E-state index contributed by atoms with van der Waals surface area (Å²) in [7, 11) is 6.97. The summed E-state index contributed by atoms with van der Waals surface area (Å²) in [4.78, 5) is 147. The van der Waals surface area contributed by atoms with E-state index < -0.39 is 210 Å². The molecule has 0 saturated carbocycles. The van der Waals surface area contributed by atoms with Gasteiger partial charge in [-0.25, -0.2) is 24.0 Å². The summed E-state index contributed by atoms with van der Waals surface area (Å²) < 4.78 is 60.3. The predicted molar refractivity (Wildman–Crippen MR) is 380 cm³/mol. The molecule has 0 spiro atoms. The van der Waals surface area contributed by atoms with Gasteiger partial charge in [-0.2, -0.15) is 0 Å². The molecular weight excluding hydrogens is 1480 g/mol. The summed E-state index contributed by atoms with van der Waals surface area (Å²) in [6.45, 7) is 6.18. The fourth-order valence-electron chi connectivity index (χ4n) is 13.6. The lowest BCUT2D eigenvalue weighted by Gasteiger charge is -2.29. The van der Waals surface area contributed by atoms with E-state index in [4.69, 9.17) is 47.4 Å². The van der Waals surface area contributed by atoms with E-state index in [0.29, 0.717) is 36.8 Å². The molecule has 11 heterocycles. The highest BCUT2D eigenvalue weighted by Crippen LogP contribution is 2.45. The number of rotatable bonds is 20. The number of ether oxygens (including phenoxy) is 10. The van der Waals surface area contributed by atoms with Gasteiger partial charge in [0.05, 0.1) is 56.4 Å². The number of carbonyl (C=O) groups excluding carboxylic acids is 2. The molecule has 16 N–H and O–H groups in total. The Bertz CT molecular complexity index is 4100. The molecule has 12 rings (SSSR count). The second-order valence-electron chi connectivity index (χ2n) is 26.2. The SMILES string of the molecule is CCC1(CC)O[C@@H](n2ccc(=O)[nH]c2=O)C(OC)[C@H]1O.CC[C@@]1(CO)O[C@@H](n2ccc(=O)[nH]c2=O)C(OC)[C@H]1O.CC[C@]1(CO)O[C@@H](n2ccc(=O)[nH]c2=O)C(OC)[C@H]1O.COC1[C@H](n2ccc(=O)[nH]c2=O)OC(CO)(CO)[C@@H]1C.COC1[C@H](n2ccc(=O)[nH]c2=O)OC(CO)(CO)[C@@H]1O.O=C1NC(=O)c2ccccc21. The number of hydrogen-bond acceptors (Lipinski definition) is 32. The molecule has 43 heteroatoms. The third-order valence-corrected chi connectivity index (χ3v) is 20.5. The summed E-state index contributed by atoms with van der Waals surface area (Å²) in [5, 5.41) is 100.0. The normalized spacial score (nSPS) is 29.0. The molecule has 43 nitrogen and oxygen atoms in total. The van der Waals surface area contributed by atoms with Gasteiger partial charge in [-0.3, -0.25) is 86.6 Å². The van der Waals surface area contributed by atoms with Crippen molar-refractivity contribution in [1.82, 2.24) is 53.1 Å². The van der Waals surface area contributed by atoms with Crippen molar-refractivity contribution < 1.29 is 108 Å². The van der Waals surface area contributed by atoms with Gasteiger partial charge in [0.1, 0.15) is 77.3 Å². The molecule has 6 aliphatic rings. The van der Waals surface area contributed by atoms with Crippen molar-refractivity contribution in [2.24, 2.45) is 5.92 Å². The lowest BCUT2D eigenvalue weighted by Crippen LogP contribution is -2.49. The van der Waals surface area contributed by atoms with Crippen molar-refractivity contribution in [2.45, 2.75) is 174 Å². The third-order valence-electron chi connectivity index (χ3n) is 20.5. The molecule has 0 radical (unpaired) electrons. The van der Waals surface area contributed by atoms with Crippen LogP contribution in [0.3, 0.4) is 0 Å². The molecule has 0 aliphatic carbocycles. The van der Waals surface area contributed by atoms with Crippen molar-refractivity contribution in [3.63, 3.8) is 0 Å². The van der Waals surface area contributed by atoms with E-state index in [2.05, 4.69) is 25.3 Å². The van der Waals surface area contributed by atoms with Crippen LogP contribution in [0.1, 0.15) is 112 Å². The summed E-state index contributed by atoms with van der Waals surface area (Å²) in [6, 6.07) is 12.6. The molecule has 614 valence electrons. The van der Waals surface area contributed by atoms with Crippen molar-refractivity contribution in [3.05, 3.63) is 201 Å². The molecule has 6 aromatic rings. The Morgan fingerprint density at radius 3 is 0.784 bits per heavy atom. The summed E-state index contributed by atoms with van der Waals surface area (Å²) in [6.07, 6.45) is -4.48. The lowest BCUT2D eigenvalue weighted by molar-refractivity contribution is -0.150. The average molecular weight is 1580 g/mol. The summed E-state index contributed by atoms with van der Waals surface area (Å²) in [5.74, 6) is -0.942. The first-order valence-corrected chi connectivity index (χ1v) is 34.7. The van der Waals surface area contributed by atoms with Gasteiger partial charge in [-0.05, 0) is 37.8 Å². The van der Waals surface area contributed by atoms with E-state index in [9.17, 15) is 109 Å². The van der Waals surface area contributed by atoms with Crippen LogP contribution in [0, 0.1) is 5.92 Å². The first-order chi connectivity index (χ1) is 52.7. The fourth-order valence-corrected chi connectivity index (χ4v) is 13.6. The van der Waals surface area contributed by atoms with Gasteiger partial charge in [0.25, 0.3) is 39.6 Å². The smallest absolute Gasteiger partial charge is 0.330 e. The van der Waals surface area contributed by atoms with Gasteiger partial charge in [0.2, 0.25) is 0 Å². The first-order valence-electron chi connectivity index (χ1n) is 34.7. The fraction of sp³-hybridized carbons (Fsp3) is 0.588. The molecule has 6 aliphatic heterocycles. The highest BCUT2D eigenvalue weighted by atomic mass is 16.6. The Morgan fingerprint density at radius 1 is 0.333 bits per heavy atom. The minimum Gasteiger partial charge on any atom is -0.393 e. The Kier molecular flexibility index (Phi) is 30.5. The van der Waals surface area contributed by atoms with Crippen molar-refractivity contribution >= 4 is 11.8 Å². The van der Waals surface area contributed by atoms with Gasteiger partial charge >= 0.3 is 28.4 Å². The van der Waals surface area contributed by atoms with Crippen molar-refractivity contribution in [2.75, 3.05) is 75.2 Å². The second kappa shape index (κ2) is 38.0. The molecule has 17 atom stereocenters. The summed E-state index contributed by atoms with van der Waals surface area (Å²) in [5.41, 5.74) is -10.9. The monoisotopic (exact) mass is 1580 g/mol. The number of aliphatic hydroxyl groups is 10. The Balaban J connectivity index is 0.000000186. The number of nitrogens with zero attached hydrogens (tertiary/aromatic N) is 5. The minimum absolute atomic E-state index is 0.300. The molecule has 5 unspecified atom stereocenters. The first kappa shape index (κ1) is 89.2. The van der Waals surface area contributed by atoms with Crippen LogP contribution >= 0.6 is 0 Å². The number of benzene rings is 1. The number of H-pyrrole nitrogens is 5. The number of aromatic amines is 5. The van der Waals surface area contributed by atoms with E-state index in [1.807, 2.05) is 18.8 Å². The van der Waals surface area contributed by atoms with Gasteiger partial charge in [-0.15, -0.1) is 0 Å². The quantitative estimate of drug-likeness (QED) is 0.0316. The number of methoxy groups -OCH3 is 5. The van der Waals surface area contributed by atoms with Gasteiger partial charge < -0.3 is 98.4 Å². The molecule has 5 fully saturated rings. The van der Waals surface area contributed by atoms with E-state index in [0.717, 1.165) is 19.8 Å². The van der Waals surface area contributed by atoms with Crippen molar-refractivity contribution in [1.29, 1.82) is 0 Å². The molecule has 5 aromatic heterocycles. The van der Waals surface area contributed by atoms with Crippen LogP contribution < -0.4 is 61.6 Å². The third kappa shape index (κ3) is 18.1. The van der Waals surface area contributed by atoms with Crippen LogP contribution in [0.2, 0.25) is 0 Å². The van der Waals surface area contributed by atoms with Crippen molar-refractivity contribution in [3.8, 4) is 0 Å². The van der Waals surface area contributed by atoms with Gasteiger partial charge in [0, 0.05) is 103 Å². The Hall–Kier alpha value is -9.04. The topological polar surface area (TPSA) is 615 Å². The number of nitrogens with one attached hydrogen (secondary N) is 6. The van der Waals surface area contributed by atoms with Gasteiger partial charge in [-0.1, -0.05) is 46.8 Å². The zero-order valence-corrected chi connectivity index (χ0v) is 62.0. The van der Waals surface area contributed by atoms with E-state index in [1.54, 1.807) is 45.0 Å². The molecule has 1 aromatic carbocycles. The van der Waals surface area contributed by atoms with Crippen LogP contribution in [-0.2, 0) is 47.4 Å². The maximum atomic E-state index is 11.9. The molecule has 2 amide bonds. The molecule has 5 saturated heterocycles. The number of aliphatic hydroxyl groups excluding tert-OH is 10. The highest BCUT2D eigenvalue weighted by Gasteiger charge is 2.59. The number of imide groups is 1. The minimum atomic E-state index is -1.64. The van der Waals surface area contributed by atoms with Gasteiger partial charge in [0.15, 0.2) is 31.1 Å². The highest BCUT2D eigenvalue weighted by molar-refractivity contribution is 6.21. The van der Waals surface area contributed by atoms with Crippen LogP contribution in [-0.4, -0.2) is 269 Å². The second-order valence-corrected chi connectivity index (χ2v) is 26.2. The Morgan fingerprint density at radius 2 is 0.550 bits per heavy atom. The van der Waals surface area contributed by atoms with E-state index in [-0.39, 0.29) is 17.7 Å². The standard InChI is InChI=1S/C13H20N2O5.3C12H18N2O6.C11H16N2O7.C8H5NO2/c1-4-13(5-2)10(17)9(19-3)11(20-13)15-7-6-8(16)14-12(15)18;1-7-9(19-2)10(20-12(7,5-15)6-16)14-4-3-8(17)13-11(14)18;2*1-3-12(6-15)9(17)8(19-2)10(20-12)14-5-4-7(16)13-11(14)18;1-19-7-8(17)11(4-14,5-15)20-9(7)13-3-2-6(16)12-10(13)18;10-7-5-3-1-2-4-6(5)8(11)9-7/h6-7,9-11,17H,4-5H2,1-3H3,(H,14,16,18);3-4,7,9-10,15-16H,5-6H2,1-2H3,(H,13,17,18);2*4-5,8-10,15,17H,3,6H2,1-2H3,(H,13,16,18);2-3,7-9,14-15,17H,4-5H2,1H3,(H,12,16,18);1-4H,(H,9,10,11)/t9?,10-,11-;7-,9?,10-;8?,9-,10-,12+;8?,9-,10-,12-;7?,8-,9-;/m11111./s1. The van der Waals surface area contributed by atoms with Crippen LogP contribution in [0.5, 0.6) is 0 Å². The molecule has 111 heavy (non-hydrogen) atoms. The maximum absolute atomic E-state index is 11.9. The average Bonchev–Trinajstić information content (AvgIpc) is 1.64. The Labute approximate surface area is 627 Å². The largest absolute Gasteiger partial charge is 0.393 e. The number of carbonyl (C=O) groups is 2. The lowest BCUT2D eigenvalue weighted by atomic mass is 9.88. The maximum Gasteiger partial charge on any atom is 0.330 e.